The summed E-state index contributed by atoms with van der Waals surface area (Å²) in [6.45, 7) is 3.55. The molecule has 0 unspecified atom stereocenters. The second-order valence-corrected chi connectivity index (χ2v) is 12.8. The van der Waals surface area contributed by atoms with Crippen LogP contribution in [0.3, 0.4) is 0 Å². The molecule has 11 nitrogen and oxygen atoms in total. The number of benzene rings is 2. The van der Waals surface area contributed by atoms with Crippen molar-refractivity contribution < 1.29 is 31.2 Å². The van der Waals surface area contributed by atoms with Crippen LogP contribution in [0.25, 0.3) is 0 Å². The van der Waals surface area contributed by atoms with E-state index in [1.807, 2.05) is 0 Å². The summed E-state index contributed by atoms with van der Waals surface area (Å²) in [7, 11) is -6.54. The topological polar surface area (TPSA) is 160 Å². The Kier molecular flexibility index (Phi) is 9.74. The quantitative estimate of drug-likeness (QED) is 0.344. The Morgan fingerprint density at radius 1 is 0.921 bits per heavy atom. The molecule has 0 radical (unpaired) electrons. The SMILES string of the molecule is COc1cc(S(=O)(=O)NCCc2ccc(S(=O)(=O)NC(=O)NC3CCC(C)CC3)cc2)ccc1NC(C)=O. The molecule has 0 heterocycles. The maximum Gasteiger partial charge on any atom is 0.328 e. The lowest BCUT2D eigenvalue weighted by molar-refractivity contribution is -0.114. The Bertz CT molecular complexity index is 1350. The van der Waals surface area contributed by atoms with Gasteiger partial charge in [-0.25, -0.2) is 31.1 Å². The van der Waals surface area contributed by atoms with Crippen LogP contribution in [-0.4, -0.2) is 48.5 Å². The minimum Gasteiger partial charge on any atom is -0.495 e. The second-order valence-electron chi connectivity index (χ2n) is 9.37. The highest BCUT2D eigenvalue weighted by Gasteiger charge is 2.23. The van der Waals surface area contributed by atoms with Crippen molar-refractivity contribution in [3.8, 4) is 5.75 Å². The van der Waals surface area contributed by atoms with Gasteiger partial charge in [0.1, 0.15) is 5.75 Å². The number of amides is 3. The van der Waals surface area contributed by atoms with Gasteiger partial charge in [0, 0.05) is 25.6 Å². The summed E-state index contributed by atoms with van der Waals surface area (Å²) in [5.74, 6) is 0.499. The Morgan fingerprint density at radius 2 is 1.55 bits per heavy atom. The first-order chi connectivity index (χ1) is 17.9. The lowest BCUT2D eigenvalue weighted by Gasteiger charge is -2.26. The zero-order valence-electron chi connectivity index (χ0n) is 21.6. The van der Waals surface area contributed by atoms with Crippen molar-refractivity contribution in [1.82, 2.24) is 14.8 Å². The summed E-state index contributed by atoms with van der Waals surface area (Å²) >= 11 is 0. The van der Waals surface area contributed by atoms with Crippen molar-refractivity contribution in [3.05, 3.63) is 48.0 Å². The predicted molar refractivity (Wildman–Crippen MR) is 143 cm³/mol. The van der Waals surface area contributed by atoms with Crippen LogP contribution in [0.1, 0.15) is 45.1 Å². The summed E-state index contributed by atoms with van der Waals surface area (Å²) in [6.07, 6.45) is 3.93. The minimum atomic E-state index is -4.05. The van der Waals surface area contributed by atoms with Gasteiger partial charge in [0.2, 0.25) is 15.9 Å². The van der Waals surface area contributed by atoms with Gasteiger partial charge in [-0.05, 0) is 67.9 Å². The molecule has 1 fully saturated rings. The molecule has 3 amide bonds. The standard InChI is InChI=1S/C25H34N4O7S2/c1-17-4-8-20(9-5-17)28-25(31)29-38(34,35)21-10-6-19(7-11-21)14-15-26-37(32,33)22-12-13-23(27-18(2)30)24(16-22)36-3/h6-7,10-13,16-17,20,26H,4-5,8-9,14-15H2,1-3H3,(H,27,30)(H2,28,29,31). The molecule has 0 saturated heterocycles. The van der Waals surface area contributed by atoms with Crippen LogP contribution in [0.2, 0.25) is 0 Å². The smallest absolute Gasteiger partial charge is 0.328 e. The number of sulfonamides is 2. The number of methoxy groups -OCH3 is 1. The first-order valence-corrected chi connectivity index (χ1v) is 15.2. The van der Waals surface area contributed by atoms with Crippen molar-refractivity contribution in [3.63, 3.8) is 0 Å². The van der Waals surface area contributed by atoms with Crippen LogP contribution in [0.5, 0.6) is 5.75 Å². The maximum absolute atomic E-state index is 12.7. The number of anilines is 1. The van der Waals surface area contributed by atoms with Gasteiger partial charge in [-0.1, -0.05) is 19.1 Å². The van der Waals surface area contributed by atoms with Gasteiger partial charge < -0.3 is 15.4 Å². The Balaban J connectivity index is 1.54. The Hall–Kier alpha value is -3.16. The number of carbonyl (C=O) groups excluding carboxylic acids is 2. The molecule has 0 atom stereocenters. The molecule has 0 bridgehead atoms. The predicted octanol–water partition coefficient (Wildman–Crippen LogP) is 2.74. The number of nitrogens with one attached hydrogen (secondary N) is 4. The number of ether oxygens (including phenoxy) is 1. The van der Waals surface area contributed by atoms with Gasteiger partial charge in [-0.3, -0.25) is 4.79 Å². The molecule has 38 heavy (non-hydrogen) atoms. The molecule has 13 heteroatoms. The largest absolute Gasteiger partial charge is 0.495 e. The Morgan fingerprint density at radius 3 is 2.16 bits per heavy atom. The van der Waals surface area contributed by atoms with Crippen LogP contribution < -0.4 is 24.8 Å². The third kappa shape index (κ3) is 8.17. The van der Waals surface area contributed by atoms with E-state index in [1.165, 1.54) is 44.4 Å². The first-order valence-electron chi connectivity index (χ1n) is 12.3. The van der Waals surface area contributed by atoms with E-state index in [0.29, 0.717) is 23.6 Å². The third-order valence-electron chi connectivity index (χ3n) is 6.31. The Labute approximate surface area is 223 Å². The normalized spacial score (nSPS) is 17.9. The summed E-state index contributed by atoms with van der Waals surface area (Å²) in [5.41, 5.74) is 1.05. The molecule has 0 aromatic heterocycles. The van der Waals surface area contributed by atoms with Gasteiger partial charge in [0.25, 0.3) is 10.0 Å². The molecule has 0 aliphatic heterocycles. The van der Waals surface area contributed by atoms with Crippen LogP contribution in [-0.2, 0) is 31.3 Å². The van der Waals surface area contributed by atoms with E-state index in [9.17, 15) is 26.4 Å². The number of urea groups is 1. The average molecular weight is 567 g/mol. The number of carbonyl (C=O) groups is 2. The molecule has 0 spiro atoms. The van der Waals surface area contributed by atoms with E-state index in [0.717, 1.165) is 25.7 Å². The van der Waals surface area contributed by atoms with Gasteiger partial charge in [0.05, 0.1) is 22.6 Å². The highest BCUT2D eigenvalue weighted by molar-refractivity contribution is 7.90. The molecule has 208 valence electrons. The van der Waals surface area contributed by atoms with Crippen LogP contribution >= 0.6 is 0 Å². The zero-order valence-corrected chi connectivity index (χ0v) is 23.2. The van der Waals surface area contributed by atoms with Crippen molar-refractivity contribution in [2.24, 2.45) is 5.92 Å². The van der Waals surface area contributed by atoms with Crippen LogP contribution in [0.15, 0.2) is 52.3 Å². The van der Waals surface area contributed by atoms with E-state index in [4.69, 9.17) is 4.74 Å². The highest BCUT2D eigenvalue weighted by Crippen LogP contribution is 2.27. The lowest BCUT2D eigenvalue weighted by atomic mass is 9.87. The summed E-state index contributed by atoms with van der Waals surface area (Å²) in [4.78, 5) is 23.4. The van der Waals surface area contributed by atoms with Gasteiger partial charge in [-0.2, -0.15) is 0 Å². The van der Waals surface area contributed by atoms with E-state index < -0.39 is 26.1 Å². The van der Waals surface area contributed by atoms with Gasteiger partial charge in [-0.15, -0.1) is 0 Å². The van der Waals surface area contributed by atoms with Crippen molar-refractivity contribution in [2.75, 3.05) is 19.0 Å². The van der Waals surface area contributed by atoms with Gasteiger partial charge in [0.15, 0.2) is 0 Å². The first kappa shape index (κ1) is 29.4. The molecule has 4 N–H and O–H groups in total. The number of hydrogen-bond acceptors (Lipinski definition) is 7. The van der Waals surface area contributed by atoms with Crippen molar-refractivity contribution in [2.45, 2.75) is 61.8 Å². The van der Waals surface area contributed by atoms with Gasteiger partial charge >= 0.3 is 6.03 Å². The minimum absolute atomic E-state index is 0.0306. The molecular formula is C25H34N4O7S2. The van der Waals surface area contributed by atoms with E-state index >= 15 is 0 Å². The molecule has 2 aromatic rings. The van der Waals surface area contributed by atoms with Crippen LogP contribution in [0, 0.1) is 5.92 Å². The van der Waals surface area contributed by atoms with Crippen molar-refractivity contribution >= 4 is 37.7 Å². The number of hydrogen-bond donors (Lipinski definition) is 4. The second kappa shape index (κ2) is 12.6. The lowest BCUT2D eigenvalue weighted by Crippen LogP contribution is -2.45. The fourth-order valence-electron chi connectivity index (χ4n) is 4.18. The molecule has 1 saturated carbocycles. The monoisotopic (exact) mass is 566 g/mol. The fraction of sp³-hybridized carbons (Fsp3) is 0.440. The molecule has 1 aliphatic rings. The van der Waals surface area contributed by atoms with E-state index in [-0.39, 0.29) is 34.0 Å². The molecule has 1 aliphatic carbocycles. The fourth-order valence-corrected chi connectivity index (χ4v) is 6.14. The molecule has 3 rings (SSSR count). The van der Waals surface area contributed by atoms with E-state index in [1.54, 1.807) is 12.1 Å². The zero-order chi connectivity index (χ0) is 27.9. The highest BCUT2D eigenvalue weighted by atomic mass is 32.2. The van der Waals surface area contributed by atoms with Crippen molar-refractivity contribution in [1.29, 1.82) is 0 Å². The average Bonchev–Trinajstić information content (AvgIpc) is 2.85. The molecule has 2 aromatic carbocycles. The maximum atomic E-state index is 12.7. The molecular weight excluding hydrogens is 532 g/mol. The summed E-state index contributed by atoms with van der Waals surface area (Å²) in [5, 5.41) is 5.29. The summed E-state index contributed by atoms with van der Waals surface area (Å²) in [6, 6.07) is 9.19. The number of rotatable bonds is 10. The van der Waals surface area contributed by atoms with E-state index in [2.05, 4.69) is 27.0 Å². The van der Waals surface area contributed by atoms with Crippen LogP contribution in [0.4, 0.5) is 10.5 Å². The summed E-state index contributed by atoms with van der Waals surface area (Å²) < 4.78 is 60.3. The third-order valence-corrected chi connectivity index (χ3v) is 9.12.